The van der Waals surface area contributed by atoms with Crippen molar-refractivity contribution in [3.05, 3.63) is 64.9 Å². The Bertz CT molecular complexity index is 1040. The van der Waals surface area contributed by atoms with E-state index < -0.39 is 0 Å². The Balaban J connectivity index is 1.50. The average Bonchev–Trinajstić information content (AvgIpc) is 3.36. The van der Waals surface area contributed by atoms with Gasteiger partial charge in [0.15, 0.2) is 10.6 Å². The van der Waals surface area contributed by atoms with Crippen LogP contribution in [0.5, 0.6) is 0 Å². The molecule has 144 valence electrons. The Hall–Kier alpha value is -2.38. The Morgan fingerprint density at radius 2 is 1.96 bits per heavy atom. The molecule has 28 heavy (non-hydrogen) atoms. The highest BCUT2D eigenvalue weighted by molar-refractivity contribution is 7.71. The van der Waals surface area contributed by atoms with Gasteiger partial charge in [0.25, 0.3) is 0 Å². The smallest absolute Gasteiger partial charge is 0.199 e. The van der Waals surface area contributed by atoms with E-state index in [9.17, 15) is 4.39 Å². The molecule has 0 bridgehead atoms. The molecule has 1 atom stereocenters. The molecular weight excluding hydrogens is 373 g/mol. The Kier molecular flexibility index (Phi) is 4.56. The lowest BCUT2D eigenvalue weighted by Gasteiger charge is -2.24. The van der Waals surface area contributed by atoms with Gasteiger partial charge >= 0.3 is 0 Å². The van der Waals surface area contributed by atoms with Gasteiger partial charge in [-0.25, -0.2) is 9.07 Å². The van der Waals surface area contributed by atoms with Gasteiger partial charge in [0.05, 0.1) is 12.2 Å². The van der Waals surface area contributed by atoms with Crippen molar-refractivity contribution in [1.82, 2.24) is 24.2 Å². The summed E-state index contributed by atoms with van der Waals surface area (Å²) in [6.07, 6.45) is 8.12. The number of benzene rings is 1. The van der Waals surface area contributed by atoms with Crippen molar-refractivity contribution in [1.29, 1.82) is 0 Å². The first-order valence-corrected chi connectivity index (χ1v) is 10.2. The number of aromatic nitrogens is 4. The van der Waals surface area contributed by atoms with Crippen LogP contribution in [-0.2, 0) is 6.67 Å². The largest absolute Gasteiger partial charge is 0.297 e. The third-order valence-corrected chi connectivity index (χ3v) is 6.05. The minimum atomic E-state index is -0.258. The number of nitrogens with zero attached hydrogens (tertiary/aromatic N) is 5. The van der Waals surface area contributed by atoms with Crippen molar-refractivity contribution in [2.24, 2.45) is 0 Å². The van der Waals surface area contributed by atoms with Crippen molar-refractivity contribution in [3.63, 3.8) is 0 Å². The van der Waals surface area contributed by atoms with Crippen molar-refractivity contribution in [2.75, 3.05) is 6.54 Å². The maximum absolute atomic E-state index is 14.5. The van der Waals surface area contributed by atoms with Crippen LogP contribution in [0.4, 0.5) is 4.39 Å². The lowest BCUT2D eigenvalue weighted by Crippen LogP contribution is -2.27. The maximum atomic E-state index is 14.5. The zero-order valence-corrected chi connectivity index (χ0v) is 16.4. The first kappa shape index (κ1) is 17.7. The van der Waals surface area contributed by atoms with Gasteiger partial charge in [0, 0.05) is 31.0 Å². The van der Waals surface area contributed by atoms with E-state index >= 15 is 0 Å². The second-order valence-electron chi connectivity index (χ2n) is 7.58. The monoisotopic (exact) mass is 395 g/mol. The minimum Gasteiger partial charge on any atom is -0.297 e. The van der Waals surface area contributed by atoms with Crippen molar-refractivity contribution in [2.45, 2.75) is 44.4 Å². The first-order valence-electron chi connectivity index (χ1n) is 9.80. The fourth-order valence-electron chi connectivity index (χ4n) is 4.12. The fourth-order valence-corrected chi connectivity index (χ4v) is 4.45. The quantitative estimate of drug-likeness (QED) is 0.585. The molecule has 0 N–H and O–H groups in total. The maximum Gasteiger partial charge on any atom is 0.199 e. The Morgan fingerprint density at radius 1 is 1.11 bits per heavy atom. The third-order valence-electron chi connectivity index (χ3n) is 5.65. The highest BCUT2D eigenvalue weighted by Gasteiger charge is 2.31. The van der Waals surface area contributed by atoms with Gasteiger partial charge in [-0.1, -0.05) is 18.2 Å². The fraction of sp³-hybridized carbons (Fsp3) is 0.381. The van der Waals surface area contributed by atoms with Crippen molar-refractivity contribution in [3.8, 4) is 11.4 Å². The molecule has 1 unspecified atom stereocenters. The second-order valence-corrected chi connectivity index (χ2v) is 7.95. The summed E-state index contributed by atoms with van der Waals surface area (Å²) in [5.74, 6) is 0.383. The highest BCUT2D eigenvalue weighted by Crippen LogP contribution is 2.39. The van der Waals surface area contributed by atoms with Crippen LogP contribution in [-0.4, -0.2) is 30.8 Å². The Morgan fingerprint density at radius 3 is 2.71 bits per heavy atom. The van der Waals surface area contributed by atoms with Gasteiger partial charge in [-0.15, -0.1) is 0 Å². The first-order chi connectivity index (χ1) is 13.7. The molecule has 1 saturated heterocycles. The molecule has 2 fully saturated rings. The molecule has 1 aliphatic heterocycles. The van der Waals surface area contributed by atoms with Crippen LogP contribution in [0.1, 0.15) is 43.3 Å². The minimum absolute atomic E-state index is 0.258. The standard InChI is InChI=1S/C21H22FN5S/c22-18-7-2-1-6-17(18)20-24-26(21(28)27(20)16-9-10-16)14-25-12-4-8-19(25)15-5-3-11-23-13-15/h1-3,5-7,11,13,16,19H,4,8-10,12,14H2. The summed E-state index contributed by atoms with van der Waals surface area (Å²) >= 11 is 5.76. The van der Waals surface area contributed by atoms with Crippen LogP contribution in [0.3, 0.4) is 0 Å². The molecule has 5 rings (SSSR count). The lowest BCUT2D eigenvalue weighted by atomic mass is 10.1. The van der Waals surface area contributed by atoms with E-state index in [1.54, 1.807) is 18.3 Å². The van der Waals surface area contributed by atoms with Crippen LogP contribution < -0.4 is 0 Å². The number of rotatable bonds is 5. The zero-order valence-electron chi connectivity index (χ0n) is 15.5. The lowest BCUT2D eigenvalue weighted by molar-refractivity contribution is 0.189. The highest BCUT2D eigenvalue weighted by atomic mass is 32.1. The summed E-state index contributed by atoms with van der Waals surface area (Å²) in [7, 11) is 0. The van der Waals surface area contributed by atoms with E-state index in [1.165, 1.54) is 11.6 Å². The number of hydrogen-bond donors (Lipinski definition) is 0. The summed E-state index contributed by atoms with van der Waals surface area (Å²) in [6, 6.07) is 11.6. The summed E-state index contributed by atoms with van der Waals surface area (Å²) in [5, 5.41) is 4.77. The van der Waals surface area contributed by atoms with E-state index in [4.69, 9.17) is 17.3 Å². The molecule has 1 aromatic carbocycles. The number of pyridine rings is 1. The van der Waals surface area contributed by atoms with Gasteiger partial charge < -0.3 is 0 Å². The van der Waals surface area contributed by atoms with Gasteiger partial charge in [-0.2, -0.15) is 5.10 Å². The van der Waals surface area contributed by atoms with E-state index in [0.29, 0.717) is 34.9 Å². The molecule has 1 aliphatic carbocycles. The van der Waals surface area contributed by atoms with Gasteiger partial charge in [0.2, 0.25) is 0 Å². The van der Waals surface area contributed by atoms with Crippen LogP contribution in [0.2, 0.25) is 0 Å². The predicted octanol–water partition coefficient (Wildman–Crippen LogP) is 4.74. The van der Waals surface area contributed by atoms with Gasteiger partial charge in [0.1, 0.15) is 5.82 Å². The van der Waals surface area contributed by atoms with Crippen molar-refractivity contribution < 1.29 is 4.39 Å². The van der Waals surface area contributed by atoms with E-state index in [-0.39, 0.29) is 5.82 Å². The summed E-state index contributed by atoms with van der Waals surface area (Å²) in [5.41, 5.74) is 1.74. The molecule has 3 aromatic rings. The average molecular weight is 396 g/mol. The molecule has 0 radical (unpaired) electrons. The summed E-state index contributed by atoms with van der Waals surface area (Å²) in [4.78, 5) is 6.66. The molecule has 2 aliphatic rings. The topological polar surface area (TPSA) is 38.9 Å². The molecule has 2 aromatic heterocycles. The molecule has 3 heterocycles. The molecule has 0 spiro atoms. The molecule has 1 saturated carbocycles. The normalized spacial score (nSPS) is 20.0. The molecule has 7 heteroatoms. The van der Waals surface area contributed by atoms with E-state index in [1.807, 2.05) is 27.6 Å². The van der Waals surface area contributed by atoms with E-state index in [0.717, 1.165) is 32.2 Å². The van der Waals surface area contributed by atoms with Crippen molar-refractivity contribution >= 4 is 12.2 Å². The van der Waals surface area contributed by atoms with Crippen LogP contribution in [0, 0.1) is 10.6 Å². The zero-order chi connectivity index (χ0) is 19.1. The number of halogens is 1. The predicted molar refractivity (Wildman–Crippen MR) is 108 cm³/mol. The van der Waals surface area contributed by atoms with Gasteiger partial charge in [-0.05, 0) is 61.7 Å². The Labute approximate surface area is 168 Å². The van der Waals surface area contributed by atoms with E-state index in [2.05, 4.69) is 16.0 Å². The second kappa shape index (κ2) is 7.22. The van der Waals surface area contributed by atoms with Crippen LogP contribution >= 0.6 is 12.2 Å². The molecule has 5 nitrogen and oxygen atoms in total. The third kappa shape index (κ3) is 3.18. The molecular formula is C21H22FN5S. The molecule has 0 amide bonds. The van der Waals surface area contributed by atoms with Crippen LogP contribution in [0.25, 0.3) is 11.4 Å². The van der Waals surface area contributed by atoms with Gasteiger partial charge in [-0.3, -0.25) is 14.5 Å². The summed E-state index contributed by atoms with van der Waals surface area (Å²) in [6.45, 7) is 1.60. The number of likely N-dealkylation sites (tertiary alicyclic amines) is 1. The van der Waals surface area contributed by atoms with Crippen LogP contribution in [0.15, 0.2) is 48.8 Å². The SMILES string of the molecule is Fc1ccccc1-c1nn(CN2CCCC2c2cccnc2)c(=S)n1C1CC1. The summed E-state index contributed by atoms with van der Waals surface area (Å²) < 4.78 is 19.0. The number of hydrogen-bond acceptors (Lipinski definition) is 4.